The second-order valence-corrected chi connectivity index (χ2v) is 10.2. The van der Waals surface area contributed by atoms with E-state index in [1.165, 1.54) is 4.31 Å². The summed E-state index contributed by atoms with van der Waals surface area (Å²) < 4.78 is 30.0. The minimum Gasteiger partial charge on any atom is -0.352 e. The first kappa shape index (κ1) is 21.9. The van der Waals surface area contributed by atoms with Crippen molar-refractivity contribution in [3.05, 3.63) is 65.3 Å². The molecule has 1 saturated heterocycles. The summed E-state index contributed by atoms with van der Waals surface area (Å²) in [7, 11) is -3.66. The van der Waals surface area contributed by atoms with Crippen molar-refractivity contribution >= 4 is 38.4 Å². The zero-order valence-electron chi connectivity index (χ0n) is 17.4. The Kier molecular flexibility index (Phi) is 6.36. The summed E-state index contributed by atoms with van der Waals surface area (Å²) in [6, 6.07) is 14.5. The highest BCUT2D eigenvalue weighted by Crippen LogP contribution is 2.27. The van der Waals surface area contributed by atoms with Crippen molar-refractivity contribution < 1.29 is 13.2 Å². The number of nitrogens with zero attached hydrogens (tertiary/aromatic N) is 2. The van der Waals surface area contributed by atoms with Gasteiger partial charge in [0.2, 0.25) is 15.9 Å². The number of amides is 1. The van der Waals surface area contributed by atoms with Crippen LogP contribution in [0.2, 0.25) is 5.02 Å². The van der Waals surface area contributed by atoms with Crippen LogP contribution < -0.4 is 5.32 Å². The molecule has 1 amide bonds. The van der Waals surface area contributed by atoms with Crippen LogP contribution in [0.5, 0.6) is 0 Å². The van der Waals surface area contributed by atoms with Crippen LogP contribution >= 0.6 is 11.6 Å². The highest BCUT2D eigenvalue weighted by atomic mass is 35.5. The maximum absolute atomic E-state index is 13.3. The summed E-state index contributed by atoms with van der Waals surface area (Å²) in [4.78, 5) is 13.0. The summed E-state index contributed by atoms with van der Waals surface area (Å²) in [6.45, 7) is 3.90. The van der Waals surface area contributed by atoms with Crippen molar-refractivity contribution in [1.29, 1.82) is 0 Å². The van der Waals surface area contributed by atoms with Gasteiger partial charge in [-0.05, 0) is 61.7 Å². The topological polar surface area (TPSA) is 71.4 Å². The molecule has 1 aliphatic rings. The van der Waals surface area contributed by atoms with Gasteiger partial charge < -0.3 is 9.88 Å². The molecule has 1 aromatic heterocycles. The number of halogens is 1. The van der Waals surface area contributed by atoms with Crippen LogP contribution in [-0.2, 0) is 27.9 Å². The third kappa shape index (κ3) is 4.63. The van der Waals surface area contributed by atoms with E-state index in [-0.39, 0.29) is 23.3 Å². The molecule has 8 heteroatoms. The summed E-state index contributed by atoms with van der Waals surface area (Å²) >= 11 is 5.90. The fourth-order valence-electron chi connectivity index (χ4n) is 4.07. The number of hydrogen-bond donors (Lipinski definition) is 1. The number of carbonyl (C=O) groups excluding carboxylic acids is 1. The molecule has 2 heterocycles. The quantitative estimate of drug-likeness (QED) is 0.604. The first-order valence-corrected chi connectivity index (χ1v) is 12.3. The average Bonchev–Trinajstić information content (AvgIpc) is 3.21. The second kappa shape index (κ2) is 9.02. The van der Waals surface area contributed by atoms with Crippen molar-refractivity contribution in [2.75, 3.05) is 13.1 Å². The molecule has 1 atom stereocenters. The Morgan fingerprint density at radius 2 is 1.94 bits per heavy atom. The Hall–Kier alpha value is -2.35. The van der Waals surface area contributed by atoms with Gasteiger partial charge in [0.1, 0.15) is 0 Å². The Morgan fingerprint density at radius 1 is 1.16 bits per heavy atom. The number of benzene rings is 2. The highest BCUT2D eigenvalue weighted by Gasteiger charge is 2.33. The molecule has 3 aromatic rings. The van der Waals surface area contributed by atoms with Gasteiger partial charge in [0.25, 0.3) is 0 Å². The number of aromatic nitrogens is 1. The van der Waals surface area contributed by atoms with Gasteiger partial charge in [0.15, 0.2) is 0 Å². The maximum Gasteiger partial charge on any atom is 0.243 e. The van der Waals surface area contributed by atoms with Crippen LogP contribution in [0.25, 0.3) is 10.9 Å². The Labute approximate surface area is 187 Å². The predicted octanol–water partition coefficient (Wildman–Crippen LogP) is 4.03. The number of piperidine rings is 1. The van der Waals surface area contributed by atoms with E-state index in [2.05, 4.69) is 16.8 Å². The molecule has 0 aliphatic carbocycles. The molecule has 1 aliphatic heterocycles. The Balaban J connectivity index is 1.45. The van der Waals surface area contributed by atoms with Crippen molar-refractivity contribution in [2.24, 2.45) is 5.92 Å². The molecule has 0 saturated carbocycles. The van der Waals surface area contributed by atoms with Crippen molar-refractivity contribution in [3.8, 4) is 0 Å². The largest absolute Gasteiger partial charge is 0.352 e. The Morgan fingerprint density at radius 3 is 2.68 bits per heavy atom. The van der Waals surface area contributed by atoms with Gasteiger partial charge in [-0.1, -0.05) is 23.7 Å². The molecule has 4 rings (SSSR count). The molecule has 0 radical (unpaired) electrons. The lowest BCUT2D eigenvalue weighted by atomic mass is 9.99. The fourth-order valence-corrected chi connectivity index (χ4v) is 5.76. The molecule has 2 aromatic carbocycles. The summed E-state index contributed by atoms with van der Waals surface area (Å²) in [6.07, 6.45) is 3.30. The van der Waals surface area contributed by atoms with E-state index >= 15 is 0 Å². The summed E-state index contributed by atoms with van der Waals surface area (Å²) in [5.74, 6) is -0.481. The first-order chi connectivity index (χ1) is 14.9. The molecule has 0 unspecified atom stereocenters. The van der Waals surface area contributed by atoms with E-state index < -0.39 is 10.0 Å². The molecule has 31 heavy (non-hydrogen) atoms. The van der Waals surface area contributed by atoms with Crippen LogP contribution in [0, 0.1) is 5.92 Å². The number of carbonyl (C=O) groups is 1. The molecule has 1 fully saturated rings. The second-order valence-electron chi connectivity index (χ2n) is 7.87. The van der Waals surface area contributed by atoms with Crippen LogP contribution in [-0.4, -0.2) is 36.3 Å². The standard InChI is InChI=1S/C23H26ClN3O3S/c1-2-26-13-11-18-14-21(9-10-22(18)26)31(29,30)27-12-3-4-19(16-27)23(28)25-15-17-5-7-20(24)8-6-17/h5-11,13-14,19H,2-4,12,15-16H2,1H3,(H,25,28)/t19-/m0/s1. The van der Waals surface area contributed by atoms with Gasteiger partial charge in [-0.25, -0.2) is 8.42 Å². The average molecular weight is 460 g/mol. The summed E-state index contributed by atoms with van der Waals surface area (Å²) in [5, 5.41) is 4.47. The van der Waals surface area contributed by atoms with E-state index in [1.54, 1.807) is 24.3 Å². The lowest BCUT2D eigenvalue weighted by Crippen LogP contribution is -2.45. The van der Waals surface area contributed by atoms with E-state index in [4.69, 9.17) is 11.6 Å². The molecule has 1 N–H and O–H groups in total. The van der Waals surface area contributed by atoms with E-state index in [0.717, 1.165) is 23.0 Å². The first-order valence-electron chi connectivity index (χ1n) is 10.5. The van der Waals surface area contributed by atoms with Gasteiger partial charge in [-0.15, -0.1) is 0 Å². The van der Waals surface area contributed by atoms with Gasteiger partial charge in [-0.3, -0.25) is 4.79 Å². The minimum absolute atomic E-state index is 0.120. The van der Waals surface area contributed by atoms with Gasteiger partial charge in [0, 0.05) is 48.3 Å². The normalized spacial score (nSPS) is 17.7. The number of sulfonamides is 1. The lowest BCUT2D eigenvalue weighted by Gasteiger charge is -2.31. The Bertz CT molecular complexity index is 1190. The molecule has 0 spiro atoms. The van der Waals surface area contributed by atoms with Crippen LogP contribution in [0.1, 0.15) is 25.3 Å². The van der Waals surface area contributed by atoms with Crippen LogP contribution in [0.4, 0.5) is 0 Å². The molecular weight excluding hydrogens is 434 g/mol. The zero-order valence-corrected chi connectivity index (χ0v) is 19.0. The van der Waals surface area contributed by atoms with Crippen LogP contribution in [0.3, 0.4) is 0 Å². The van der Waals surface area contributed by atoms with E-state index in [9.17, 15) is 13.2 Å². The SMILES string of the molecule is CCn1ccc2cc(S(=O)(=O)N3CCC[C@H](C(=O)NCc4ccc(Cl)cc4)C3)ccc21. The number of aryl methyl sites for hydroxylation is 1. The van der Waals surface area contributed by atoms with Crippen molar-refractivity contribution in [2.45, 2.75) is 37.8 Å². The maximum atomic E-state index is 13.3. The van der Waals surface area contributed by atoms with Gasteiger partial charge in [-0.2, -0.15) is 4.31 Å². The van der Waals surface area contributed by atoms with Crippen molar-refractivity contribution in [1.82, 2.24) is 14.2 Å². The van der Waals surface area contributed by atoms with Crippen molar-refractivity contribution in [3.63, 3.8) is 0 Å². The van der Waals surface area contributed by atoms with E-state index in [0.29, 0.717) is 31.0 Å². The number of rotatable bonds is 6. The number of nitrogens with one attached hydrogen (secondary N) is 1. The van der Waals surface area contributed by atoms with E-state index in [1.807, 2.05) is 30.5 Å². The summed E-state index contributed by atoms with van der Waals surface area (Å²) in [5.41, 5.74) is 1.96. The highest BCUT2D eigenvalue weighted by molar-refractivity contribution is 7.89. The molecule has 0 bridgehead atoms. The minimum atomic E-state index is -3.66. The number of hydrogen-bond acceptors (Lipinski definition) is 3. The molecular formula is C23H26ClN3O3S. The van der Waals surface area contributed by atoms with Gasteiger partial charge >= 0.3 is 0 Å². The fraction of sp³-hybridized carbons (Fsp3) is 0.348. The van der Waals surface area contributed by atoms with Gasteiger partial charge in [0.05, 0.1) is 10.8 Å². The third-order valence-corrected chi connectivity index (χ3v) is 7.97. The van der Waals surface area contributed by atoms with Crippen LogP contribution in [0.15, 0.2) is 59.6 Å². The smallest absolute Gasteiger partial charge is 0.243 e. The number of fused-ring (bicyclic) bond motifs is 1. The lowest BCUT2D eigenvalue weighted by molar-refractivity contribution is -0.126. The molecule has 164 valence electrons. The monoisotopic (exact) mass is 459 g/mol. The zero-order chi connectivity index (χ0) is 22.0. The molecule has 6 nitrogen and oxygen atoms in total. The third-order valence-electron chi connectivity index (χ3n) is 5.86. The predicted molar refractivity (Wildman–Crippen MR) is 122 cm³/mol.